The van der Waals surface area contributed by atoms with Crippen molar-refractivity contribution in [2.75, 3.05) is 7.11 Å². The van der Waals surface area contributed by atoms with Crippen LogP contribution in [0.1, 0.15) is 69.4 Å². The molecule has 1 amide bonds. The summed E-state index contributed by atoms with van der Waals surface area (Å²) < 4.78 is 50.2. The van der Waals surface area contributed by atoms with Crippen LogP contribution in [0.4, 0.5) is 18.0 Å². The van der Waals surface area contributed by atoms with Crippen molar-refractivity contribution in [1.29, 1.82) is 0 Å². The number of rotatable bonds is 4. The molecule has 0 saturated carbocycles. The number of alkyl halides is 3. The third-order valence-corrected chi connectivity index (χ3v) is 6.97. The number of carbonyl (C=O) groups is 1. The maximum absolute atomic E-state index is 13.1. The van der Waals surface area contributed by atoms with Crippen LogP contribution in [0.2, 0.25) is 0 Å². The number of carbonyl (C=O) groups excluding carboxylic acids is 1. The van der Waals surface area contributed by atoms with E-state index >= 15 is 0 Å². The number of halogens is 3. The van der Waals surface area contributed by atoms with Crippen LogP contribution >= 0.6 is 0 Å². The first-order chi connectivity index (χ1) is 16.8. The molecule has 1 aromatic carbocycles. The summed E-state index contributed by atoms with van der Waals surface area (Å²) in [6.45, 7) is 7.24. The molecule has 0 spiro atoms. The van der Waals surface area contributed by atoms with Gasteiger partial charge in [-0.15, -0.1) is 5.10 Å². The van der Waals surface area contributed by atoms with Crippen LogP contribution in [0.25, 0.3) is 11.3 Å². The fraction of sp³-hybridized carbons (Fsp3) is 0.577. The third kappa shape index (κ3) is 5.14. The lowest BCUT2D eigenvalue weighted by Gasteiger charge is -2.42. The summed E-state index contributed by atoms with van der Waals surface area (Å²) in [6, 6.07) is 4.87. The number of aliphatic hydroxyl groups is 1. The highest BCUT2D eigenvalue weighted by molar-refractivity contribution is 5.71. The number of hydrogen-bond donors (Lipinski definition) is 1. The summed E-state index contributed by atoms with van der Waals surface area (Å²) in [5, 5.41) is 19.8. The van der Waals surface area contributed by atoms with Crippen LogP contribution in [0.5, 0.6) is 5.75 Å². The smallest absolute Gasteiger partial charge is 0.416 e. The van der Waals surface area contributed by atoms with Gasteiger partial charge in [-0.05, 0) is 83.2 Å². The fourth-order valence-electron chi connectivity index (χ4n) is 5.36. The molecule has 2 saturated heterocycles. The first-order valence-electron chi connectivity index (χ1n) is 12.1. The largest absolute Gasteiger partial charge is 0.496 e. The van der Waals surface area contributed by atoms with Gasteiger partial charge in [0.25, 0.3) is 0 Å². The predicted octanol–water partition coefficient (Wildman–Crippen LogP) is 5.69. The van der Waals surface area contributed by atoms with Gasteiger partial charge in [0.05, 0.1) is 24.1 Å². The number of hydrogen-bond acceptors (Lipinski definition) is 6. The Morgan fingerprint density at radius 2 is 1.81 bits per heavy atom. The molecule has 4 rings (SSSR count). The monoisotopic (exact) mass is 507 g/mol. The number of fused-ring (bicyclic) bond motifs is 2. The Hall–Kier alpha value is -2.88. The van der Waals surface area contributed by atoms with Crippen molar-refractivity contribution in [3.63, 3.8) is 0 Å². The molecular weight excluding hydrogens is 475 g/mol. The van der Waals surface area contributed by atoms with Crippen molar-refractivity contribution in [2.45, 2.75) is 83.3 Å². The zero-order valence-electron chi connectivity index (χ0n) is 21.1. The Balaban J connectivity index is 1.58. The van der Waals surface area contributed by atoms with Crippen molar-refractivity contribution in [2.24, 2.45) is 5.92 Å². The van der Waals surface area contributed by atoms with E-state index in [0.29, 0.717) is 22.5 Å². The highest BCUT2D eigenvalue weighted by atomic mass is 19.4. The van der Waals surface area contributed by atoms with Crippen LogP contribution in [0.15, 0.2) is 24.3 Å². The van der Waals surface area contributed by atoms with Gasteiger partial charge in [-0.2, -0.15) is 18.3 Å². The normalized spacial score (nSPS) is 22.9. The number of aromatic nitrogens is 2. The molecule has 36 heavy (non-hydrogen) atoms. The van der Waals surface area contributed by atoms with Crippen LogP contribution in [-0.2, 0) is 10.9 Å². The van der Waals surface area contributed by atoms with Crippen LogP contribution in [0.3, 0.4) is 0 Å². The Labute approximate surface area is 208 Å². The minimum atomic E-state index is -4.49. The van der Waals surface area contributed by atoms with E-state index in [4.69, 9.17) is 9.47 Å². The lowest BCUT2D eigenvalue weighted by atomic mass is 9.84. The standard InChI is InChI=1S/C26H32F3N3O4/c1-14-12-19(30-31-22(14)18-9-6-15(26(27,28)29)13-21(18)35-5)23(33)17-10-7-16-8-11-20(17)32(16)24(34)36-25(2,3)4/h6,9,12-13,16-17,20,23,33H,7-8,10-11H2,1-5H3. The van der Waals surface area contributed by atoms with E-state index in [2.05, 4.69) is 10.2 Å². The van der Waals surface area contributed by atoms with E-state index in [1.165, 1.54) is 13.2 Å². The Morgan fingerprint density at radius 1 is 1.11 bits per heavy atom. The molecule has 7 nitrogen and oxygen atoms in total. The summed E-state index contributed by atoms with van der Waals surface area (Å²) in [4.78, 5) is 14.7. The number of ether oxygens (including phenoxy) is 2. The van der Waals surface area contributed by atoms with Gasteiger partial charge in [0.15, 0.2) is 0 Å². The second-order valence-electron chi connectivity index (χ2n) is 10.6. The molecule has 2 fully saturated rings. The van der Waals surface area contributed by atoms with E-state index in [1.54, 1.807) is 17.9 Å². The molecule has 3 heterocycles. The van der Waals surface area contributed by atoms with Gasteiger partial charge in [0.1, 0.15) is 17.5 Å². The number of aliphatic hydroxyl groups excluding tert-OH is 1. The van der Waals surface area contributed by atoms with Gasteiger partial charge < -0.3 is 19.5 Å². The van der Waals surface area contributed by atoms with Gasteiger partial charge in [-0.1, -0.05) is 0 Å². The molecule has 2 aromatic rings. The molecule has 1 N–H and O–H groups in total. The van der Waals surface area contributed by atoms with Crippen molar-refractivity contribution >= 4 is 6.09 Å². The summed E-state index contributed by atoms with van der Waals surface area (Å²) in [5.74, 6) is -0.191. The maximum Gasteiger partial charge on any atom is 0.416 e. The predicted molar refractivity (Wildman–Crippen MR) is 126 cm³/mol. The lowest BCUT2D eigenvalue weighted by Crippen LogP contribution is -2.51. The number of piperidine rings is 1. The molecule has 0 radical (unpaired) electrons. The molecule has 196 valence electrons. The van der Waals surface area contributed by atoms with E-state index in [-0.39, 0.29) is 29.8 Å². The number of methoxy groups -OCH3 is 1. The molecule has 10 heteroatoms. The quantitative estimate of drug-likeness (QED) is 0.572. The number of aryl methyl sites for hydroxylation is 1. The average Bonchev–Trinajstić information content (AvgIpc) is 3.10. The van der Waals surface area contributed by atoms with Crippen molar-refractivity contribution in [3.8, 4) is 17.0 Å². The molecule has 4 atom stereocenters. The maximum atomic E-state index is 13.1. The molecule has 1 aromatic heterocycles. The van der Waals surface area contributed by atoms with E-state index in [9.17, 15) is 23.1 Å². The Kier molecular flexibility index (Phi) is 6.94. The zero-order valence-corrected chi connectivity index (χ0v) is 21.1. The average molecular weight is 508 g/mol. The van der Waals surface area contributed by atoms with E-state index < -0.39 is 23.4 Å². The first-order valence-corrected chi connectivity index (χ1v) is 12.1. The second kappa shape index (κ2) is 9.53. The molecular formula is C26H32F3N3O4. The molecule has 2 aliphatic heterocycles. The van der Waals surface area contributed by atoms with Gasteiger partial charge in [0, 0.05) is 23.6 Å². The van der Waals surface area contributed by atoms with Gasteiger partial charge in [-0.25, -0.2) is 4.79 Å². The van der Waals surface area contributed by atoms with Crippen LogP contribution in [-0.4, -0.2) is 51.1 Å². The minimum Gasteiger partial charge on any atom is -0.496 e. The van der Waals surface area contributed by atoms with E-state index in [0.717, 1.165) is 37.8 Å². The van der Waals surface area contributed by atoms with Gasteiger partial charge in [-0.3, -0.25) is 0 Å². The number of nitrogens with zero attached hydrogens (tertiary/aromatic N) is 3. The van der Waals surface area contributed by atoms with Gasteiger partial charge >= 0.3 is 12.3 Å². The Bertz CT molecular complexity index is 1130. The fourth-order valence-corrected chi connectivity index (χ4v) is 5.36. The summed E-state index contributed by atoms with van der Waals surface area (Å²) in [7, 11) is 1.30. The molecule has 2 bridgehead atoms. The number of amides is 1. The summed E-state index contributed by atoms with van der Waals surface area (Å²) >= 11 is 0. The van der Waals surface area contributed by atoms with Crippen molar-refractivity contribution in [1.82, 2.24) is 15.1 Å². The third-order valence-electron chi connectivity index (χ3n) is 6.97. The number of benzene rings is 1. The minimum absolute atomic E-state index is 0.0350. The lowest BCUT2D eigenvalue weighted by molar-refractivity contribution is -0.137. The molecule has 0 aliphatic carbocycles. The zero-order chi connectivity index (χ0) is 26.4. The highest BCUT2D eigenvalue weighted by Crippen LogP contribution is 2.45. The molecule has 2 aliphatic rings. The van der Waals surface area contributed by atoms with Crippen LogP contribution in [0, 0.1) is 12.8 Å². The van der Waals surface area contributed by atoms with E-state index in [1.807, 2.05) is 20.8 Å². The topological polar surface area (TPSA) is 84.8 Å². The van der Waals surface area contributed by atoms with Crippen LogP contribution < -0.4 is 4.74 Å². The van der Waals surface area contributed by atoms with Crippen molar-refractivity contribution in [3.05, 3.63) is 41.1 Å². The second-order valence-corrected chi connectivity index (χ2v) is 10.6. The van der Waals surface area contributed by atoms with Crippen molar-refractivity contribution < 1.29 is 32.5 Å². The highest BCUT2D eigenvalue weighted by Gasteiger charge is 2.48. The van der Waals surface area contributed by atoms with Gasteiger partial charge in [0.2, 0.25) is 0 Å². The Morgan fingerprint density at radius 3 is 2.42 bits per heavy atom. The summed E-state index contributed by atoms with van der Waals surface area (Å²) in [6.07, 6.45) is -2.65. The molecule has 4 unspecified atom stereocenters. The SMILES string of the molecule is COc1cc(C(F)(F)F)ccc1-c1nnc(C(O)C2CCC3CCC2N3C(=O)OC(C)(C)C)cc1C. The first kappa shape index (κ1) is 26.2. The summed E-state index contributed by atoms with van der Waals surface area (Å²) in [5.41, 5.74) is 0.325.